The molecule has 0 radical (unpaired) electrons. The number of rotatable bonds is 4. The molecule has 0 saturated carbocycles. The summed E-state index contributed by atoms with van der Waals surface area (Å²) in [4.78, 5) is 12.3. The molecular formula is C13H19NO3S. The Kier molecular flexibility index (Phi) is 4.65. The van der Waals surface area contributed by atoms with E-state index in [1.54, 1.807) is 18.2 Å². The minimum atomic E-state index is -2.11. The molecular weight excluding hydrogens is 250 g/mol. The highest BCUT2D eigenvalue weighted by Gasteiger charge is 2.26. The Balaban J connectivity index is 3.05. The quantitative estimate of drug-likeness (QED) is 0.826. The molecule has 0 aliphatic rings. The molecule has 0 heterocycles. The zero-order valence-corrected chi connectivity index (χ0v) is 11.9. The van der Waals surface area contributed by atoms with Crippen LogP contribution in [0.3, 0.4) is 0 Å². The van der Waals surface area contributed by atoms with Gasteiger partial charge in [-0.25, -0.2) is 4.21 Å². The summed E-state index contributed by atoms with van der Waals surface area (Å²) in [7, 11) is 0. The first kappa shape index (κ1) is 14.9. The predicted octanol–water partition coefficient (Wildman–Crippen LogP) is 2.95. The monoisotopic (exact) mass is 269 g/mol. The molecule has 1 aromatic rings. The standard InChI is InChI=1S/C13H19NO3S/c1-5-13(3,4)12(15)14-10-7-6-9(2)8-11(10)18(16)17/h6-8H,5H2,1-4H3,(H,14,15)(H,16,17). The van der Waals surface area contributed by atoms with Crippen LogP contribution >= 0.6 is 0 Å². The molecule has 100 valence electrons. The molecule has 0 fully saturated rings. The van der Waals surface area contributed by atoms with Crippen LogP contribution in [0.4, 0.5) is 5.69 Å². The van der Waals surface area contributed by atoms with Crippen LogP contribution < -0.4 is 5.32 Å². The summed E-state index contributed by atoms with van der Waals surface area (Å²) >= 11 is -2.11. The second kappa shape index (κ2) is 5.63. The van der Waals surface area contributed by atoms with Crippen LogP contribution in [-0.4, -0.2) is 14.7 Å². The third kappa shape index (κ3) is 3.40. The van der Waals surface area contributed by atoms with Gasteiger partial charge in [0, 0.05) is 5.41 Å². The molecule has 0 aliphatic heterocycles. The Bertz CT molecular complexity index is 483. The summed E-state index contributed by atoms with van der Waals surface area (Å²) < 4.78 is 20.5. The minimum absolute atomic E-state index is 0.152. The maximum absolute atomic E-state index is 12.0. The van der Waals surface area contributed by atoms with Gasteiger partial charge in [-0.05, 0) is 31.0 Å². The second-order valence-electron chi connectivity index (χ2n) is 4.94. The average molecular weight is 269 g/mol. The van der Waals surface area contributed by atoms with Gasteiger partial charge < -0.3 is 9.87 Å². The van der Waals surface area contributed by atoms with Crippen molar-refractivity contribution in [2.24, 2.45) is 5.41 Å². The number of aryl methyl sites for hydroxylation is 1. The smallest absolute Gasteiger partial charge is 0.230 e. The van der Waals surface area contributed by atoms with E-state index in [0.717, 1.165) is 5.56 Å². The Labute approximate surface area is 110 Å². The van der Waals surface area contributed by atoms with Gasteiger partial charge in [-0.15, -0.1) is 0 Å². The number of nitrogens with one attached hydrogen (secondary N) is 1. The molecule has 1 amide bonds. The van der Waals surface area contributed by atoms with E-state index in [1.165, 1.54) is 0 Å². The Morgan fingerprint density at radius 3 is 2.56 bits per heavy atom. The van der Waals surface area contributed by atoms with E-state index in [1.807, 2.05) is 27.7 Å². The summed E-state index contributed by atoms with van der Waals surface area (Å²) in [6.07, 6.45) is 0.697. The van der Waals surface area contributed by atoms with E-state index in [4.69, 9.17) is 0 Å². The molecule has 4 nitrogen and oxygen atoms in total. The van der Waals surface area contributed by atoms with Gasteiger partial charge in [0.1, 0.15) is 0 Å². The number of carbonyl (C=O) groups is 1. The SMILES string of the molecule is CCC(C)(C)C(=O)Nc1ccc(C)cc1S(=O)O. The largest absolute Gasteiger partial charge is 0.324 e. The zero-order valence-electron chi connectivity index (χ0n) is 11.1. The fraction of sp³-hybridized carbons (Fsp3) is 0.462. The van der Waals surface area contributed by atoms with Crippen molar-refractivity contribution in [2.75, 3.05) is 5.32 Å². The summed E-state index contributed by atoms with van der Waals surface area (Å²) in [6.45, 7) is 7.44. The van der Waals surface area contributed by atoms with Gasteiger partial charge in [-0.1, -0.05) is 26.8 Å². The summed E-state index contributed by atoms with van der Waals surface area (Å²) in [5.74, 6) is -0.152. The van der Waals surface area contributed by atoms with Crippen molar-refractivity contribution < 1.29 is 13.6 Å². The minimum Gasteiger partial charge on any atom is -0.324 e. The lowest BCUT2D eigenvalue weighted by Gasteiger charge is -2.22. The predicted molar refractivity (Wildman–Crippen MR) is 72.9 cm³/mol. The van der Waals surface area contributed by atoms with Crippen LogP contribution in [0.15, 0.2) is 23.1 Å². The van der Waals surface area contributed by atoms with Gasteiger partial charge in [-0.2, -0.15) is 0 Å². The summed E-state index contributed by atoms with van der Waals surface area (Å²) in [5, 5.41) is 2.72. The van der Waals surface area contributed by atoms with Crippen LogP contribution in [0.5, 0.6) is 0 Å². The molecule has 18 heavy (non-hydrogen) atoms. The first-order valence-electron chi connectivity index (χ1n) is 5.81. The molecule has 0 saturated heterocycles. The van der Waals surface area contributed by atoms with E-state index < -0.39 is 16.5 Å². The van der Waals surface area contributed by atoms with Gasteiger partial charge in [0.2, 0.25) is 5.91 Å². The normalized spacial score (nSPS) is 13.2. The van der Waals surface area contributed by atoms with Gasteiger partial charge in [-0.3, -0.25) is 4.79 Å². The third-order valence-corrected chi connectivity index (χ3v) is 3.79. The summed E-state index contributed by atoms with van der Waals surface area (Å²) in [5.41, 5.74) is 0.771. The highest BCUT2D eigenvalue weighted by Crippen LogP contribution is 2.25. The maximum Gasteiger partial charge on any atom is 0.230 e. The van der Waals surface area contributed by atoms with Crippen LogP contribution in [0, 0.1) is 12.3 Å². The lowest BCUT2D eigenvalue weighted by molar-refractivity contribution is -0.124. The molecule has 0 bridgehead atoms. The molecule has 1 unspecified atom stereocenters. The van der Waals surface area contributed by atoms with Gasteiger partial charge >= 0.3 is 0 Å². The zero-order chi connectivity index (χ0) is 13.9. The average Bonchev–Trinajstić information content (AvgIpc) is 2.31. The van der Waals surface area contributed by atoms with E-state index in [2.05, 4.69) is 5.32 Å². The van der Waals surface area contributed by atoms with Crippen LogP contribution in [0.1, 0.15) is 32.8 Å². The molecule has 0 aromatic heterocycles. The number of hydrogen-bond acceptors (Lipinski definition) is 2. The van der Waals surface area contributed by atoms with Crippen molar-refractivity contribution in [3.63, 3.8) is 0 Å². The van der Waals surface area contributed by atoms with Gasteiger partial charge in [0.05, 0.1) is 10.6 Å². The van der Waals surface area contributed by atoms with E-state index >= 15 is 0 Å². The lowest BCUT2D eigenvalue weighted by Crippen LogP contribution is -2.30. The molecule has 5 heteroatoms. The highest BCUT2D eigenvalue weighted by molar-refractivity contribution is 7.79. The van der Waals surface area contributed by atoms with Gasteiger partial charge in [0.15, 0.2) is 11.1 Å². The molecule has 1 aromatic carbocycles. The topological polar surface area (TPSA) is 66.4 Å². The first-order chi connectivity index (χ1) is 8.27. The Morgan fingerprint density at radius 2 is 2.06 bits per heavy atom. The van der Waals surface area contributed by atoms with Crippen molar-refractivity contribution in [3.8, 4) is 0 Å². The van der Waals surface area contributed by atoms with Crippen LogP contribution in [0.25, 0.3) is 0 Å². The van der Waals surface area contributed by atoms with Crippen molar-refractivity contribution in [2.45, 2.75) is 39.0 Å². The fourth-order valence-corrected chi connectivity index (χ4v) is 1.92. The van der Waals surface area contributed by atoms with Crippen LogP contribution in [0.2, 0.25) is 0 Å². The van der Waals surface area contributed by atoms with E-state index in [0.29, 0.717) is 12.1 Å². The highest BCUT2D eigenvalue weighted by atomic mass is 32.2. The molecule has 1 rings (SSSR count). The van der Waals surface area contributed by atoms with Crippen molar-refractivity contribution in [1.29, 1.82) is 0 Å². The number of anilines is 1. The van der Waals surface area contributed by atoms with E-state index in [-0.39, 0.29) is 10.8 Å². The number of carbonyl (C=O) groups excluding carboxylic acids is 1. The number of benzene rings is 1. The Hall–Kier alpha value is -1.20. The first-order valence-corrected chi connectivity index (χ1v) is 6.91. The Morgan fingerprint density at radius 1 is 1.44 bits per heavy atom. The van der Waals surface area contributed by atoms with Crippen molar-refractivity contribution >= 4 is 22.7 Å². The number of hydrogen-bond donors (Lipinski definition) is 2. The maximum atomic E-state index is 12.0. The molecule has 0 spiro atoms. The lowest BCUT2D eigenvalue weighted by atomic mass is 9.89. The van der Waals surface area contributed by atoms with E-state index in [9.17, 15) is 13.6 Å². The van der Waals surface area contributed by atoms with Crippen molar-refractivity contribution in [1.82, 2.24) is 0 Å². The molecule has 1 atom stereocenters. The fourth-order valence-electron chi connectivity index (χ4n) is 1.33. The third-order valence-electron chi connectivity index (χ3n) is 3.07. The second-order valence-corrected chi connectivity index (χ2v) is 5.88. The summed E-state index contributed by atoms with van der Waals surface area (Å²) in [6, 6.07) is 5.05. The number of amides is 1. The van der Waals surface area contributed by atoms with Crippen molar-refractivity contribution in [3.05, 3.63) is 23.8 Å². The molecule has 2 N–H and O–H groups in total. The molecule has 0 aliphatic carbocycles. The van der Waals surface area contributed by atoms with Gasteiger partial charge in [0.25, 0.3) is 0 Å². The van der Waals surface area contributed by atoms with Crippen LogP contribution in [-0.2, 0) is 15.9 Å².